The Morgan fingerprint density at radius 3 is 2.84 bits per heavy atom. The van der Waals surface area contributed by atoms with E-state index >= 15 is 0 Å². The number of rotatable bonds is 4. The fourth-order valence-electron chi connectivity index (χ4n) is 1.34. The van der Waals surface area contributed by atoms with E-state index in [2.05, 4.69) is 20.9 Å². The monoisotopic (exact) mass is 344 g/mol. The first-order valence-electron chi connectivity index (χ1n) is 5.22. The molecule has 1 unspecified atom stereocenters. The third-order valence-corrected chi connectivity index (χ3v) is 3.80. The molecule has 0 saturated heterocycles. The average molecular weight is 345 g/mol. The van der Waals surface area contributed by atoms with Gasteiger partial charge in [-0.05, 0) is 28.9 Å². The molecular formula is C11H9BrN2O4S. The summed E-state index contributed by atoms with van der Waals surface area (Å²) in [6.45, 7) is 1.54. The minimum Gasteiger partial charge on any atom is -0.438 e. The highest BCUT2D eigenvalue weighted by molar-refractivity contribution is 9.10. The highest BCUT2D eigenvalue weighted by atomic mass is 79.9. The van der Waals surface area contributed by atoms with Crippen LogP contribution in [0.1, 0.15) is 17.9 Å². The van der Waals surface area contributed by atoms with Gasteiger partial charge >= 0.3 is 5.69 Å². The van der Waals surface area contributed by atoms with E-state index in [1.807, 2.05) is 0 Å². The Morgan fingerprint density at radius 1 is 1.53 bits per heavy atom. The number of pyridine rings is 1. The topological polar surface area (TPSA) is 85.5 Å². The Kier molecular flexibility index (Phi) is 4.13. The maximum Gasteiger partial charge on any atom is 0.323 e. The summed E-state index contributed by atoms with van der Waals surface area (Å²) in [5.41, 5.74) is -0.166. The SMILES string of the molecule is CC(O)c1cc([N+](=O)[O-])c(Oc2cncc(Br)c2)s1. The number of aliphatic hydroxyl groups excluding tert-OH is 1. The summed E-state index contributed by atoms with van der Waals surface area (Å²) in [5.74, 6) is 0.386. The molecule has 1 atom stereocenters. The predicted octanol–water partition coefficient (Wildman–Crippen LogP) is 3.66. The molecule has 0 aliphatic heterocycles. The normalized spacial score (nSPS) is 12.2. The van der Waals surface area contributed by atoms with E-state index in [0.29, 0.717) is 15.1 Å². The molecule has 2 rings (SSSR count). The smallest absolute Gasteiger partial charge is 0.323 e. The molecule has 8 heteroatoms. The van der Waals surface area contributed by atoms with Gasteiger partial charge < -0.3 is 9.84 Å². The van der Waals surface area contributed by atoms with Crippen LogP contribution in [-0.4, -0.2) is 15.0 Å². The van der Waals surface area contributed by atoms with Gasteiger partial charge in [0.25, 0.3) is 5.06 Å². The minimum absolute atomic E-state index is 0.126. The third kappa shape index (κ3) is 3.28. The number of hydrogen-bond acceptors (Lipinski definition) is 6. The van der Waals surface area contributed by atoms with Gasteiger partial charge in [0.15, 0.2) is 0 Å². The Hall–Kier alpha value is -1.51. The van der Waals surface area contributed by atoms with Gasteiger partial charge in [-0.25, -0.2) is 0 Å². The number of nitrogens with zero attached hydrogens (tertiary/aromatic N) is 2. The van der Waals surface area contributed by atoms with Crippen molar-refractivity contribution in [2.75, 3.05) is 0 Å². The number of thiophene rings is 1. The minimum atomic E-state index is -0.776. The molecule has 0 fully saturated rings. The lowest BCUT2D eigenvalue weighted by molar-refractivity contribution is -0.385. The van der Waals surface area contributed by atoms with Gasteiger partial charge in [-0.2, -0.15) is 0 Å². The van der Waals surface area contributed by atoms with Crippen LogP contribution in [0, 0.1) is 10.1 Å². The molecule has 0 radical (unpaired) electrons. The Balaban J connectivity index is 2.36. The number of nitro groups is 1. The van der Waals surface area contributed by atoms with Crippen LogP contribution in [0.3, 0.4) is 0 Å². The average Bonchev–Trinajstić information content (AvgIpc) is 2.73. The first kappa shape index (κ1) is 13.9. The summed E-state index contributed by atoms with van der Waals surface area (Å²) < 4.78 is 6.16. The second-order valence-corrected chi connectivity index (χ2v) is 5.66. The molecule has 2 heterocycles. The number of halogens is 1. The molecule has 0 bridgehead atoms. The molecule has 0 saturated carbocycles. The van der Waals surface area contributed by atoms with Gasteiger partial charge in [-0.15, -0.1) is 0 Å². The van der Waals surface area contributed by atoms with E-state index < -0.39 is 11.0 Å². The lowest BCUT2D eigenvalue weighted by Crippen LogP contribution is -1.90. The molecule has 1 N–H and O–H groups in total. The summed E-state index contributed by atoms with van der Waals surface area (Å²) in [4.78, 5) is 14.8. The summed E-state index contributed by atoms with van der Waals surface area (Å²) >= 11 is 4.28. The highest BCUT2D eigenvalue weighted by Gasteiger charge is 2.23. The van der Waals surface area contributed by atoms with Crippen LogP contribution in [0.5, 0.6) is 10.8 Å². The number of hydrogen-bond donors (Lipinski definition) is 1. The standard InChI is InChI=1S/C11H9BrN2O4S/c1-6(15)10-3-9(14(16)17)11(19-10)18-8-2-7(12)4-13-5-8/h2-6,15H,1H3. The fourth-order valence-corrected chi connectivity index (χ4v) is 2.62. The summed E-state index contributed by atoms with van der Waals surface area (Å²) in [7, 11) is 0. The van der Waals surface area contributed by atoms with Gasteiger partial charge in [0.05, 0.1) is 17.2 Å². The number of ether oxygens (including phenoxy) is 1. The van der Waals surface area contributed by atoms with Crippen molar-refractivity contribution >= 4 is 33.0 Å². The Labute approximate surface area is 121 Å². The molecule has 0 spiro atoms. The largest absolute Gasteiger partial charge is 0.438 e. The van der Waals surface area contributed by atoms with Crippen LogP contribution < -0.4 is 4.74 Å². The van der Waals surface area contributed by atoms with Crippen LogP contribution in [0.4, 0.5) is 5.69 Å². The van der Waals surface area contributed by atoms with E-state index in [0.717, 1.165) is 11.3 Å². The van der Waals surface area contributed by atoms with E-state index in [9.17, 15) is 15.2 Å². The van der Waals surface area contributed by atoms with Crippen LogP contribution in [0.2, 0.25) is 0 Å². The van der Waals surface area contributed by atoms with Gasteiger partial charge in [0.1, 0.15) is 5.75 Å². The van der Waals surface area contributed by atoms with Crippen LogP contribution in [0.25, 0.3) is 0 Å². The van der Waals surface area contributed by atoms with Crippen molar-refractivity contribution in [3.05, 3.63) is 44.0 Å². The van der Waals surface area contributed by atoms with Crippen molar-refractivity contribution in [2.24, 2.45) is 0 Å². The molecule has 6 nitrogen and oxygen atoms in total. The lowest BCUT2D eigenvalue weighted by atomic mass is 10.3. The van der Waals surface area contributed by atoms with Crippen molar-refractivity contribution in [3.8, 4) is 10.8 Å². The van der Waals surface area contributed by atoms with Gasteiger partial charge in [0, 0.05) is 21.6 Å². The highest BCUT2D eigenvalue weighted by Crippen LogP contribution is 2.41. The molecule has 100 valence electrons. The zero-order valence-electron chi connectivity index (χ0n) is 9.74. The van der Waals surface area contributed by atoms with Crippen molar-refractivity contribution in [3.63, 3.8) is 0 Å². The second-order valence-electron chi connectivity index (χ2n) is 3.70. The van der Waals surface area contributed by atoms with E-state index in [-0.39, 0.29) is 10.8 Å². The molecule has 0 aliphatic carbocycles. The fraction of sp³-hybridized carbons (Fsp3) is 0.182. The van der Waals surface area contributed by atoms with Gasteiger partial charge in [0.2, 0.25) is 0 Å². The Morgan fingerprint density at radius 2 is 2.26 bits per heavy atom. The summed E-state index contributed by atoms with van der Waals surface area (Å²) in [6.07, 6.45) is 2.26. The number of aromatic nitrogens is 1. The molecule has 19 heavy (non-hydrogen) atoms. The maximum atomic E-state index is 10.9. The van der Waals surface area contributed by atoms with Crippen LogP contribution in [-0.2, 0) is 0 Å². The molecular weight excluding hydrogens is 336 g/mol. The lowest BCUT2D eigenvalue weighted by Gasteiger charge is -2.02. The second kappa shape index (κ2) is 5.64. The van der Waals surface area contributed by atoms with Gasteiger partial charge in [-0.3, -0.25) is 15.1 Å². The maximum absolute atomic E-state index is 10.9. The third-order valence-electron chi connectivity index (χ3n) is 2.20. The molecule has 0 aliphatic rings. The molecule has 0 aromatic carbocycles. The van der Waals surface area contributed by atoms with E-state index in [4.69, 9.17) is 4.74 Å². The summed E-state index contributed by atoms with van der Waals surface area (Å²) in [6, 6.07) is 2.97. The molecule has 2 aromatic rings. The van der Waals surface area contributed by atoms with Crippen molar-refractivity contribution in [2.45, 2.75) is 13.0 Å². The zero-order chi connectivity index (χ0) is 14.0. The van der Waals surface area contributed by atoms with Crippen LogP contribution in [0.15, 0.2) is 29.0 Å². The predicted molar refractivity (Wildman–Crippen MR) is 73.6 cm³/mol. The van der Waals surface area contributed by atoms with Crippen LogP contribution >= 0.6 is 27.3 Å². The first-order chi connectivity index (χ1) is 8.97. The zero-order valence-corrected chi connectivity index (χ0v) is 12.1. The first-order valence-corrected chi connectivity index (χ1v) is 6.83. The van der Waals surface area contributed by atoms with Crippen molar-refractivity contribution in [1.29, 1.82) is 0 Å². The van der Waals surface area contributed by atoms with Crippen molar-refractivity contribution < 1.29 is 14.8 Å². The van der Waals surface area contributed by atoms with E-state index in [1.165, 1.54) is 12.3 Å². The van der Waals surface area contributed by atoms with Crippen molar-refractivity contribution in [1.82, 2.24) is 4.98 Å². The summed E-state index contributed by atoms with van der Waals surface area (Å²) in [5, 5.41) is 20.5. The molecule has 2 aromatic heterocycles. The van der Waals surface area contributed by atoms with E-state index in [1.54, 1.807) is 19.2 Å². The Bertz CT molecular complexity index is 614. The molecule has 0 amide bonds. The number of aliphatic hydroxyl groups is 1. The quantitative estimate of drug-likeness (QED) is 0.675. The van der Waals surface area contributed by atoms with Gasteiger partial charge in [-0.1, -0.05) is 11.3 Å².